The zero-order chi connectivity index (χ0) is 20.8. The van der Waals surface area contributed by atoms with E-state index in [1.807, 2.05) is 50.2 Å². The lowest BCUT2D eigenvalue weighted by Gasteiger charge is -2.09. The summed E-state index contributed by atoms with van der Waals surface area (Å²) >= 11 is 0. The summed E-state index contributed by atoms with van der Waals surface area (Å²) in [4.78, 5) is 16.2. The molecule has 8 nitrogen and oxygen atoms in total. The van der Waals surface area contributed by atoms with Crippen LogP contribution in [0, 0.1) is 0 Å². The third kappa shape index (κ3) is 5.11. The lowest BCUT2D eigenvalue weighted by molar-refractivity contribution is -0.119. The Morgan fingerprint density at radius 1 is 1.14 bits per heavy atom. The average Bonchev–Trinajstić information content (AvgIpc) is 3.12. The van der Waals surface area contributed by atoms with E-state index in [1.54, 1.807) is 23.9 Å². The van der Waals surface area contributed by atoms with Crippen LogP contribution in [0.3, 0.4) is 0 Å². The molecule has 3 aromatic rings. The summed E-state index contributed by atoms with van der Waals surface area (Å²) in [7, 11) is 3.10. The molecule has 0 atom stereocenters. The van der Waals surface area contributed by atoms with Crippen LogP contribution in [0.25, 0.3) is 17.1 Å². The van der Waals surface area contributed by atoms with Crippen LogP contribution in [0.15, 0.2) is 48.5 Å². The van der Waals surface area contributed by atoms with Gasteiger partial charge in [-0.1, -0.05) is 12.1 Å². The Balaban J connectivity index is 1.96. The lowest BCUT2D eigenvalue weighted by Crippen LogP contribution is -2.17. The first-order chi connectivity index (χ1) is 14.0. The molecule has 2 aromatic carbocycles. The molecule has 0 spiro atoms. The van der Waals surface area contributed by atoms with Crippen LogP contribution >= 0.6 is 0 Å². The van der Waals surface area contributed by atoms with Crippen molar-refractivity contribution in [2.45, 2.75) is 20.0 Å². The molecule has 0 unspecified atom stereocenters. The molecule has 0 bridgehead atoms. The van der Waals surface area contributed by atoms with E-state index in [9.17, 15) is 4.79 Å². The number of carbonyl (C=O) groups excluding carboxylic acids is 1. The Morgan fingerprint density at radius 3 is 2.55 bits per heavy atom. The van der Waals surface area contributed by atoms with Gasteiger partial charge in [0.25, 0.3) is 0 Å². The summed E-state index contributed by atoms with van der Waals surface area (Å²) in [6.07, 6.45) is -0.0533. The minimum absolute atomic E-state index is 0.000711. The van der Waals surface area contributed by atoms with E-state index >= 15 is 0 Å². The highest BCUT2D eigenvalue weighted by Gasteiger charge is 2.16. The van der Waals surface area contributed by atoms with Crippen molar-refractivity contribution in [3.8, 4) is 28.8 Å². The van der Waals surface area contributed by atoms with E-state index in [2.05, 4.69) is 15.4 Å². The molecular formula is C21H24N4O4. The fourth-order valence-corrected chi connectivity index (χ4v) is 2.70. The van der Waals surface area contributed by atoms with E-state index in [-0.39, 0.29) is 24.6 Å². The van der Waals surface area contributed by atoms with Gasteiger partial charge >= 0.3 is 6.01 Å². The quantitative estimate of drug-likeness (QED) is 0.629. The SMILES string of the molecule is COCC(=O)Nc1ccc(-n2nc(OC(C)C)nc2-c2cccc(OC)c2)cc1. The number of nitrogens with zero attached hydrogens (tertiary/aromatic N) is 3. The second kappa shape index (κ2) is 9.20. The molecule has 8 heteroatoms. The zero-order valence-electron chi connectivity index (χ0n) is 16.9. The van der Waals surface area contributed by atoms with Crippen LogP contribution in [0.1, 0.15) is 13.8 Å². The Morgan fingerprint density at radius 2 is 1.90 bits per heavy atom. The van der Waals surface area contributed by atoms with Gasteiger partial charge in [0.05, 0.1) is 18.9 Å². The largest absolute Gasteiger partial charge is 0.497 e. The second-order valence-electron chi connectivity index (χ2n) is 6.56. The first-order valence-corrected chi connectivity index (χ1v) is 9.17. The number of benzene rings is 2. The van der Waals surface area contributed by atoms with Crippen molar-refractivity contribution in [2.75, 3.05) is 26.1 Å². The molecule has 0 aliphatic rings. The second-order valence-corrected chi connectivity index (χ2v) is 6.56. The van der Waals surface area contributed by atoms with Gasteiger partial charge < -0.3 is 19.5 Å². The number of hydrogen-bond donors (Lipinski definition) is 1. The van der Waals surface area contributed by atoms with E-state index in [4.69, 9.17) is 14.2 Å². The molecule has 1 amide bonds. The maximum Gasteiger partial charge on any atom is 0.336 e. The fraction of sp³-hybridized carbons (Fsp3) is 0.286. The molecular weight excluding hydrogens is 372 g/mol. The number of aromatic nitrogens is 3. The van der Waals surface area contributed by atoms with Crippen LogP contribution in [-0.2, 0) is 9.53 Å². The van der Waals surface area contributed by atoms with Crippen LogP contribution < -0.4 is 14.8 Å². The molecule has 1 heterocycles. The lowest BCUT2D eigenvalue weighted by atomic mass is 10.2. The molecule has 0 saturated carbocycles. The van der Waals surface area contributed by atoms with Gasteiger partial charge in [-0.05, 0) is 50.2 Å². The standard InChI is InChI=1S/C21H24N4O4/c1-14(2)29-21-23-20(15-6-5-7-18(12-15)28-4)25(24-21)17-10-8-16(9-11-17)22-19(26)13-27-3/h5-12,14H,13H2,1-4H3,(H,22,26). The number of carbonyl (C=O) groups is 1. The summed E-state index contributed by atoms with van der Waals surface area (Å²) in [6.45, 7) is 3.84. The molecule has 0 radical (unpaired) electrons. The molecule has 29 heavy (non-hydrogen) atoms. The number of methoxy groups -OCH3 is 2. The Bertz CT molecular complexity index is 967. The van der Waals surface area contributed by atoms with Crippen LogP contribution in [0.4, 0.5) is 5.69 Å². The number of amides is 1. The maximum absolute atomic E-state index is 11.7. The Hall–Kier alpha value is -3.39. The topological polar surface area (TPSA) is 87.5 Å². The highest BCUT2D eigenvalue weighted by Crippen LogP contribution is 2.27. The molecule has 0 aliphatic carbocycles. The predicted octanol–water partition coefficient (Wildman–Crippen LogP) is 3.32. The van der Waals surface area contributed by atoms with Crippen molar-refractivity contribution in [2.24, 2.45) is 0 Å². The van der Waals surface area contributed by atoms with E-state index in [1.165, 1.54) is 7.11 Å². The molecule has 0 fully saturated rings. The van der Waals surface area contributed by atoms with Gasteiger partial charge in [0.2, 0.25) is 5.91 Å². The number of ether oxygens (including phenoxy) is 3. The van der Waals surface area contributed by atoms with Gasteiger partial charge in [0.15, 0.2) is 5.82 Å². The predicted molar refractivity (Wildman–Crippen MR) is 110 cm³/mol. The number of rotatable bonds is 8. The third-order valence-electron chi connectivity index (χ3n) is 3.93. The van der Waals surface area contributed by atoms with Gasteiger partial charge in [-0.3, -0.25) is 4.79 Å². The summed E-state index contributed by atoms with van der Waals surface area (Å²) in [6, 6.07) is 15.2. The van der Waals surface area contributed by atoms with Gasteiger partial charge in [-0.2, -0.15) is 4.98 Å². The summed E-state index contributed by atoms with van der Waals surface area (Å²) in [5.41, 5.74) is 2.28. The van der Waals surface area contributed by atoms with Gasteiger partial charge in [0.1, 0.15) is 12.4 Å². The monoisotopic (exact) mass is 396 g/mol. The maximum atomic E-state index is 11.7. The van der Waals surface area contributed by atoms with E-state index < -0.39 is 0 Å². The fourth-order valence-electron chi connectivity index (χ4n) is 2.70. The van der Waals surface area contributed by atoms with Crippen molar-refractivity contribution in [3.63, 3.8) is 0 Å². The summed E-state index contributed by atoms with van der Waals surface area (Å²) < 4.78 is 17.5. The van der Waals surface area contributed by atoms with Crippen LogP contribution in [0.2, 0.25) is 0 Å². The summed E-state index contributed by atoms with van der Waals surface area (Å²) in [5.74, 6) is 1.13. The first kappa shape index (κ1) is 20.3. The highest BCUT2D eigenvalue weighted by atomic mass is 16.5. The van der Waals surface area contributed by atoms with Crippen molar-refractivity contribution in [1.82, 2.24) is 14.8 Å². The molecule has 0 aliphatic heterocycles. The molecule has 1 aromatic heterocycles. The average molecular weight is 396 g/mol. The number of nitrogens with one attached hydrogen (secondary N) is 1. The van der Waals surface area contributed by atoms with Crippen LogP contribution in [0.5, 0.6) is 11.8 Å². The zero-order valence-corrected chi connectivity index (χ0v) is 16.9. The van der Waals surface area contributed by atoms with Crippen molar-refractivity contribution in [3.05, 3.63) is 48.5 Å². The minimum atomic E-state index is -0.217. The van der Waals surface area contributed by atoms with Gasteiger partial charge in [-0.15, -0.1) is 5.10 Å². The third-order valence-corrected chi connectivity index (χ3v) is 3.93. The van der Waals surface area contributed by atoms with Crippen molar-refractivity contribution >= 4 is 11.6 Å². The Kier molecular flexibility index (Phi) is 6.46. The molecule has 1 N–H and O–H groups in total. The van der Waals surface area contributed by atoms with Crippen molar-refractivity contribution < 1.29 is 19.0 Å². The normalized spacial score (nSPS) is 10.8. The highest BCUT2D eigenvalue weighted by molar-refractivity contribution is 5.91. The first-order valence-electron chi connectivity index (χ1n) is 9.17. The molecule has 3 rings (SSSR count). The molecule has 152 valence electrons. The number of anilines is 1. The van der Waals surface area contributed by atoms with E-state index in [0.29, 0.717) is 11.5 Å². The smallest absolute Gasteiger partial charge is 0.336 e. The Labute approximate surface area is 169 Å². The van der Waals surface area contributed by atoms with Gasteiger partial charge in [-0.25, -0.2) is 4.68 Å². The van der Waals surface area contributed by atoms with Crippen molar-refractivity contribution in [1.29, 1.82) is 0 Å². The number of hydrogen-bond acceptors (Lipinski definition) is 6. The van der Waals surface area contributed by atoms with Crippen LogP contribution in [-0.4, -0.2) is 47.6 Å². The van der Waals surface area contributed by atoms with E-state index in [0.717, 1.165) is 17.0 Å². The van der Waals surface area contributed by atoms with Gasteiger partial charge in [0, 0.05) is 18.4 Å². The molecule has 0 saturated heterocycles. The minimum Gasteiger partial charge on any atom is -0.497 e. The summed E-state index contributed by atoms with van der Waals surface area (Å²) in [5, 5.41) is 7.27.